The van der Waals surface area contributed by atoms with Crippen LogP contribution in [0.25, 0.3) is 0 Å². The number of methoxy groups -OCH3 is 2. The molecule has 0 aliphatic heterocycles. The fraction of sp³-hybridized carbons (Fsp3) is 0.692. The van der Waals surface area contributed by atoms with E-state index in [4.69, 9.17) is 9.47 Å². The van der Waals surface area contributed by atoms with Gasteiger partial charge in [0.1, 0.15) is 5.75 Å². The van der Waals surface area contributed by atoms with E-state index < -0.39 is 0 Å². The molecule has 4 heteroatoms. The Balaban J connectivity index is 2.59. The summed E-state index contributed by atoms with van der Waals surface area (Å²) in [6.07, 6.45) is 2.08. The first-order valence-corrected chi connectivity index (χ1v) is 6.75. The fourth-order valence-corrected chi connectivity index (χ4v) is 2.65. The summed E-state index contributed by atoms with van der Waals surface area (Å²) in [4.78, 5) is 1.32. The Morgan fingerprint density at radius 1 is 1.41 bits per heavy atom. The molecule has 1 aromatic rings. The van der Waals surface area contributed by atoms with Crippen LogP contribution in [0.4, 0.5) is 0 Å². The van der Waals surface area contributed by atoms with Crippen molar-refractivity contribution in [3.63, 3.8) is 0 Å². The van der Waals surface area contributed by atoms with Crippen LogP contribution in [0.15, 0.2) is 11.4 Å². The van der Waals surface area contributed by atoms with Gasteiger partial charge in [0.2, 0.25) is 0 Å². The molecule has 0 radical (unpaired) electrons. The number of rotatable bonds is 7. The molecule has 3 nitrogen and oxygen atoms in total. The Bertz CT molecular complexity index is 336. The van der Waals surface area contributed by atoms with Gasteiger partial charge in [-0.2, -0.15) is 0 Å². The van der Waals surface area contributed by atoms with Crippen LogP contribution in [-0.2, 0) is 4.74 Å². The largest absolute Gasteiger partial charge is 0.496 e. The van der Waals surface area contributed by atoms with E-state index in [-0.39, 0.29) is 5.60 Å². The van der Waals surface area contributed by atoms with Gasteiger partial charge in [-0.05, 0) is 39.8 Å². The Morgan fingerprint density at radius 3 is 2.59 bits per heavy atom. The topological polar surface area (TPSA) is 30.5 Å². The summed E-state index contributed by atoms with van der Waals surface area (Å²) in [5.74, 6) is 0.941. The predicted octanol–water partition coefficient (Wildman–Crippen LogP) is 3.22. The number of hydrogen-bond acceptors (Lipinski definition) is 4. The molecule has 0 aliphatic carbocycles. The summed E-state index contributed by atoms with van der Waals surface area (Å²) in [5, 5.41) is 5.39. The Hall–Kier alpha value is -0.580. The monoisotopic (exact) mass is 257 g/mol. The molecule has 1 unspecified atom stereocenters. The lowest BCUT2D eigenvalue weighted by Gasteiger charge is -2.25. The van der Waals surface area contributed by atoms with E-state index in [9.17, 15) is 0 Å². The summed E-state index contributed by atoms with van der Waals surface area (Å²) < 4.78 is 10.7. The van der Waals surface area contributed by atoms with Crippen LogP contribution in [0.1, 0.15) is 37.6 Å². The van der Waals surface area contributed by atoms with E-state index in [1.807, 2.05) is 12.4 Å². The SMILES string of the molecule is CNC(CCC(C)(C)OC)c1cc(OC)cs1. The Morgan fingerprint density at radius 2 is 2.12 bits per heavy atom. The van der Waals surface area contributed by atoms with E-state index in [0.717, 1.165) is 18.6 Å². The molecular weight excluding hydrogens is 234 g/mol. The second-order valence-corrected chi connectivity index (χ2v) is 5.68. The first kappa shape index (κ1) is 14.5. The van der Waals surface area contributed by atoms with Gasteiger partial charge in [0.05, 0.1) is 12.7 Å². The standard InChI is InChI=1S/C13H23NO2S/c1-13(2,16-5)7-6-11(14-3)12-8-10(15-4)9-17-12/h8-9,11,14H,6-7H2,1-5H3. The van der Waals surface area contributed by atoms with Crippen molar-refractivity contribution < 1.29 is 9.47 Å². The summed E-state index contributed by atoms with van der Waals surface area (Å²) >= 11 is 1.74. The van der Waals surface area contributed by atoms with E-state index in [1.165, 1.54) is 4.88 Å². The van der Waals surface area contributed by atoms with Crippen molar-refractivity contribution in [1.29, 1.82) is 0 Å². The van der Waals surface area contributed by atoms with Crippen molar-refractivity contribution in [3.8, 4) is 5.75 Å². The highest BCUT2D eigenvalue weighted by Crippen LogP contribution is 2.31. The van der Waals surface area contributed by atoms with Gasteiger partial charge in [-0.3, -0.25) is 0 Å². The first-order valence-electron chi connectivity index (χ1n) is 5.87. The average molecular weight is 257 g/mol. The maximum Gasteiger partial charge on any atom is 0.129 e. The van der Waals surface area contributed by atoms with Crippen molar-refractivity contribution in [3.05, 3.63) is 16.3 Å². The molecular formula is C13H23NO2S. The molecule has 1 heterocycles. The number of hydrogen-bond donors (Lipinski definition) is 1. The average Bonchev–Trinajstić information content (AvgIpc) is 2.78. The Labute approximate surface area is 108 Å². The highest BCUT2D eigenvalue weighted by atomic mass is 32.1. The van der Waals surface area contributed by atoms with Gasteiger partial charge in [0.15, 0.2) is 0 Å². The van der Waals surface area contributed by atoms with E-state index in [1.54, 1.807) is 25.6 Å². The number of nitrogens with one attached hydrogen (secondary N) is 1. The number of ether oxygens (including phenoxy) is 2. The molecule has 0 saturated carbocycles. The smallest absolute Gasteiger partial charge is 0.129 e. The van der Waals surface area contributed by atoms with Crippen LogP contribution >= 0.6 is 11.3 Å². The molecule has 1 aromatic heterocycles. The quantitative estimate of drug-likeness (QED) is 0.813. The summed E-state index contributed by atoms with van der Waals surface area (Å²) in [7, 11) is 5.47. The summed E-state index contributed by atoms with van der Waals surface area (Å²) in [6.45, 7) is 4.24. The van der Waals surface area contributed by atoms with Crippen LogP contribution in [0, 0.1) is 0 Å². The highest BCUT2D eigenvalue weighted by Gasteiger charge is 2.20. The third-order valence-corrected chi connectivity index (χ3v) is 4.14. The van der Waals surface area contributed by atoms with Crippen LogP contribution < -0.4 is 10.1 Å². The lowest BCUT2D eigenvalue weighted by atomic mass is 9.98. The molecule has 1 atom stereocenters. The molecule has 0 aromatic carbocycles. The van der Waals surface area contributed by atoms with Crippen LogP contribution in [0.2, 0.25) is 0 Å². The summed E-state index contributed by atoms with van der Waals surface area (Å²) in [5.41, 5.74) is -0.0591. The molecule has 0 fully saturated rings. The van der Waals surface area contributed by atoms with Gasteiger partial charge >= 0.3 is 0 Å². The van der Waals surface area contributed by atoms with Crippen molar-refractivity contribution in [2.45, 2.75) is 38.3 Å². The first-order chi connectivity index (χ1) is 8.02. The molecule has 0 spiro atoms. The van der Waals surface area contributed by atoms with E-state index in [0.29, 0.717) is 6.04 Å². The lowest BCUT2D eigenvalue weighted by Crippen LogP contribution is -2.25. The maximum absolute atomic E-state index is 5.45. The third kappa shape index (κ3) is 4.30. The van der Waals surface area contributed by atoms with Crippen molar-refractivity contribution in [2.75, 3.05) is 21.3 Å². The van der Waals surface area contributed by atoms with E-state index >= 15 is 0 Å². The molecule has 98 valence electrons. The minimum atomic E-state index is -0.0591. The van der Waals surface area contributed by atoms with Gasteiger partial charge in [-0.1, -0.05) is 0 Å². The van der Waals surface area contributed by atoms with E-state index in [2.05, 4.69) is 25.2 Å². The molecule has 0 saturated heterocycles. The van der Waals surface area contributed by atoms with Gasteiger partial charge in [0, 0.05) is 23.4 Å². The Kier molecular flexibility index (Phi) is 5.43. The zero-order chi connectivity index (χ0) is 12.9. The van der Waals surface area contributed by atoms with Gasteiger partial charge in [-0.25, -0.2) is 0 Å². The number of thiophene rings is 1. The lowest BCUT2D eigenvalue weighted by molar-refractivity contribution is 0.0119. The zero-order valence-corrected chi connectivity index (χ0v) is 12.2. The minimum absolute atomic E-state index is 0.0591. The molecule has 0 bridgehead atoms. The van der Waals surface area contributed by atoms with Gasteiger partial charge < -0.3 is 14.8 Å². The maximum atomic E-state index is 5.45. The van der Waals surface area contributed by atoms with Crippen molar-refractivity contribution >= 4 is 11.3 Å². The normalized spacial score (nSPS) is 13.7. The highest BCUT2D eigenvalue weighted by molar-refractivity contribution is 7.10. The molecule has 17 heavy (non-hydrogen) atoms. The van der Waals surface area contributed by atoms with Crippen molar-refractivity contribution in [2.24, 2.45) is 0 Å². The van der Waals surface area contributed by atoms with Crippen LogP contribution in [0.3, 0.4) is 0 Å². The van der Waals surface area contributed by atoms with Crippen molar-refractivity contribution in [1.82, 2.24) is 5.32 Å². The second kappa shape index (κ2) is 6.38. The molecule has 1 N–H and O–H groups in total. The van der Waals surface area contributed by atoms with Crippen LogP contribution in [-0.4, -0.2) is 26.9 Å². The molecule has 1 rings (SSSR count). The second-order valence-electron chi connectivity index (χ2n) is 4.73. The summed E-state index contributed by atoms with van der Waals surface area (Å²) in [6, 6.07) is 2.48. The zero-order valence-electron chi connectivity index (χ0n) is 11.4. The van der Waals surface area contributed by atoms with Gasteiger partial charge in [0.25, 0.3) is 0 Å². The molecule has 0 amide bonds. The van der Waals surface area contributed by atoms with Gasteiger partial charge in [-0.15, -0.1) is 11.3 Å². The fourth-order valence-electron chi connectivity index (χ4n) is 1.65. The third-order valence-electron chi connectivity index (χ3n) is 3.11. The van der Waals surface area contributed by atoms with Crippen LogP contribution in [0.5, 0.6) is 5.75 Å². The predicted molar refractivity (Wildman–Crippen MR) is 73.0 cm³/mol. The minimum Gasteiger partial charge on any atom is -0.496 e. The molecule has 0 aliphatic rings.